The predicted octanol–water partition coefficient (Wildman–Crippen LogP) is 3.05. The quantitative estimate of drug-likeness (QED) is 0.591. The molecule has 1 heteroatoms. The van der Waals surface area contributed by atoms with Gasteiger partial charge in [0.2, 0.25) is 0 Å². The van der Waals surface area contributed by atoms with Crippen molar-refractivity contribution in [1.29, 1.82) is 0 Å². The maximum atomic E-state index is 2.35. The van der Waals surface area contributed by atoms with Crippen molar-refractivity contribution in [3.63, 3.8) is 0 Å². The van der Waals surface area contributed by atoms with Gasteiger partial charge in [-0.05, 0) is 19.3 Å². The third kappa shape index (κ3) is 2.98. The van der Waals surface area contributed by atoms with Gasteiger partial charge in [0.05, 0.1) is 27.2 Å². The van der Waals surface area contributed by atoms with Gasteiger partial charge in [0, 0.05) is 5.92 Å². The van der Waals surface area contributed by atoms with Gasteiger partial charge in [0.25, 0.3) is 0 Å². The smallest absolute Gasteiger partial charge is 0.0909 e. The van der Waals surface area contributed by atoms with E-state index in [9.17, 15) is 0 Å². The van der Waals surface area contributed by atoms with E-state index in [1.54, 1.807) is 0 Å². The van der Waals surface area contributed by atoms with Crippen LogP contribution in [0.2, 0.25) is 0 Å². The lowest BCUT2D eigenvalue weighted by atomic mass is 9.82. The zero-order chi connectivity index (χ0) is 9.90. The van der Waals surface area contributed by atoms with Crippen molar-refractivity contribution in [1.82, 2.24) is 0 Å². The predicted molar refractivity (Wildman–Crippen MR) is 58.7 cm³/mol. The summed E-state index contributed by atoms with van der Waals surface area (Å²) in [7, 11) is 7.05. The second-order valence-electron chi connectivity index (χ2n) is 5.49. The molecule has 0 aromatic carbocycles. The van der Waals surface area contributed by atoms with E-state index in [2.05, 4.69) is 28.1 Å². The molecule has 0 radical (unpaired) electrons. The molecule has 1 saturated carbocycles. The van der Waals surface area contributed by atoms with E-state index in [0.717, 1.165) is 16.4 Å². The number of nitrogens with zero attached hydrogens (tertiary/aromatic N) is 1. The molecule has 0 N–H and O–H groups in total. The molecule has 0 aromatic heterocycles. The monoisotopic (exact) mass is 184 g/mol. The highest BCUT2D eigenvalue weighted by Crippen LogP contribution is 2.31. The Morgan fingerprint density at radius 3 is 2.00 bits per heavy atom. The summed E-state index contributed by atoms with van der Waals surface area (Å²) in [5.41, 5.74) is 0. The highest BCUT2D eigenvalue weighted by molar-refractivity contribution is 4.73. The number of hydrogen-bond donors (Lipinski definition) is 0. The Morgan fingerprint density at radius 1 is 1.08 bits per heavy atom. The molecule has 78 valence electrons. The van der Waals surface area contributed by atoms with Crippen molar-refractivity contribution in [3.8, 4) is 0 Å². The van der Waals surface area contributed by atoms with Gasteiger partial charge in [0.15, 0.2) is 0 Å². The van der Waals surface area contributed by atoms with E-state index < -0.39 is 0 Å². The summed E-state index contributed by atoms with van der Waals surface area (Å²) in [4.78, 5) is 0. The van der Waals surface area contributed by atoms with E-state index in [4.69, 9.17) is 0 Å². The molecule has 1 fully saturated rings. The first-order valence-corrected chi connectivity index (χ1v) is 5.87. The zero-order valence-corrected chi connectivity index (χ0v) is 9.84. The SMILES string of the molecule is CCC(C1CCCCC1)[N+](C)(C)C. The molecule has 1 nitrogen and oxygen atoms in total. The van der Waals surface area contributed by atoms with Gasteiger partial charge in [-0.1, -0.05) is 26.2 Å². The first kappa shape index (κ1) is 11.0. The maximum absolute atomic E-state index is 2.35. The van der Waals surface area contributed by atoms with Crippen LogP contribution in [0, 0.1) is 5.92 Å². The van der Waals surface area contributed by atoms with Crippen molar-refractivity contribution in [2.24, 2.45) is 5.92 Å². The number of rotatable bonds is 3. The fraction of sp³-hybridized carbons (Fsp3) is 1.00. The van der Waals surface area contributed by atoms with E-state index in [-0.39, 0.29) is 0 Å². The van der Waals surface area contributed by atoms with Gasteiger partial charge in [0.1, 0.15) is 0 Å². The maximum Gasteiger partial charge on any atom is 0.0909 e. The van der Waals surface area contributed by atoms with Gasteiger partial charge in [-0.3, -0.25) is 0 Å². The van der Waals surface area contributed by atoms with Crippen LogP contribution in [0.15, 0.2) is 0 Å². The van der Waals surface area contributed by atoms with E-state index >= 15 is 0 Å². The van der Waals surface area contributed by atoms with Gasteiger partial charge < -0.3 is 4.48 Å². The highest BCUT2D eigenvalue weighted by Gasteiger charge is 2.31. The minimum Gasteiger partial charge on any atom is -0.328 e. The molecule has 1 rings (SSSR count). The van der Waals surface area contributed by atoms with Crippen molar-refractivity contribution in [2.45, 2.75) is 51.5 Å². The van der Waals surface area contributed by atoms with Crippen molar-refractivity contribution < 1.29 is 4.48 Å². The van der Waals surface area contributed by atoms with Crippen molar-refractivity contribution in [3.05, 3.63) is 0 Å². The second kappa shape index (κ2) is 4.45. The van der Waals surface area contributed by atoms with Crippen LogP contribution in [0.3, 0.4) is 0 Å². The number of hydrogen-bond acceptors (Lipinski definition) is 0. The van der Waals surface area contributed by atoms with Crippen LogP contribution in [0.1, 0.15) is 45.4 Å². The third-order valence-electron chi connectivity index (χ3n) is 3.61. The first-order valence-electron chi connectivity index (χ1n) is 5.87. The van der Waals surface area contributed by atoms with Crippen LogP contribution in [0.4, 0.5) is 0 Å². The molecule has 1 aliphatic rings. The summed E-state index contributed by atoms with van der Waals surface area (Å²) < 4.78 is 1.15. The van der Waals surface area contributed by atoms with Crippen molar-refractivity contribution in [2.75, 3.05) is 21.1 Å². The van der Waals surface area contributed by atoms with Gasteiger partial charge in [-0.25, -0.2) is 0 Å². The zero-order valence-electron chi connectivity index (χ0n) is 9.84. The Balaban J connectivity index is 2.54. The molecule has 0 aromatic rings. The van der Waals surface area contributed by atoms with Gasteiger partial charge in [-0.15, -0.1) is 0 Å². The Bertz CT molecular complexity index is 140. The average Bonchev–Trinajstić information content (AvgIpc) is 2.05. The summed E-state index contributed by atoms with van der Waals surface area (Å²) >= 11 is 0. The van der Waals surface area contributed by atoms with Gasteiger partial charge in [-0.2, -0.15) is 0 Å². The largest absolute Gasteiger partial charge is 0.328 e. The summed E-state index contributed by atoms with van der Waals surface area (Å²) in [6.45, 7) is 2.35. The third-order valence-corrected chi connectivity index (χ3v) is 3.61. The van der Waals surface area contributed by atoms with Crippen LogP contribution in [-0.4, -0.2) is 31.7 Å². The molecule has 1 atom stereocenters. The molecular weight excluding hydrogens is 158 g/mol. The Kier molecular flexibility index (Phi) is 3.78. The van der Waals surface area contributed by atoms with Gasteiger partial charge >= 0.3 is 0 Å². The van der Waals surface area contributed by atoms with E-state index in [1.165, 1.54) is 38.5 Å². The first-order chi connectivity index (χ1) is 6.05. The summed E-state index contributed by atoms with van der Waals surface area (Å²) in [5, 5.41) is 0. The summed E-state index contributed by atoms with van der Waals surface area (Å²) in [6, 6.07) is 0.889. The van der Waals surface area contributed by atoms with Crippen LogP contribution < -0.4 is 0 Å². The Labute approximate surface area is 83.7 Å². The van der Waals surface area contributed by atoms with E-state index in [0.29, 0.717) is 0 Å². The molecule has 0 spiro atoms. The van der Waals surface area contributed by atoms with Crippen molar-refractivity contribution >= 4 is 0 Å². The summed E-state index contributed by atoms with van der Waals surface area (Å²) in [6.07, 6.45) is 8.72. The lowest BCUT2D eigenvalue weighted by molar-refractivity contribution is -0.900. The second-order valence-corrected chi connectivity index (χ2v) is 5.49. The topological polar surface area (TPSA) is 0 Å². The molecule has 0 saturated heterocycles. The molecule has 0 aliphatic heterocycles. The molecule has 1 aliphatic carbocycles. The normalized spacial score (nSPS) is 23.1. The molecule has 13 heavy (non-hydrogen) atoms. The van der Waals surface area contributed by atoms with Crippen LogP contribution in [-0.2, 0) is 0 Å². The van der Waals surface area contributed by atoms with Crippen LogP contribution >= 0.6 is 0 Å². The highest BCUT2D eigenvalue weighted by atomic mass is 15.3. The molecule has 0 heterocycles. The molecule has 0 bridgehead atoms. The molecule has 0 amide bonds. The molecular formula is C12H26N+. The standard InChI is InChI=1S/C12H26N/c1-5-12(13(2,3)4)11-9-7-6-8-10-11/h11-12H,5-10H2,1-4H3/q+1. The van der Waals surface area contributed by atoms with Crippen LogP contribution in [0.25, 0.3) is 0 Å². The minimum absolute atomic E-state index is 0.889. The van der Waals surface area contributed by atoms with Crippen LogP contribution in [0.5, 0.6) is 0 Å². The fourth-order valence-electron chi connectivity index (χ4n) is 3.03. The lowest BCUT2D eigenvalue weighted by Crippen LogP contribution is -2.49. The van der Waals surface area contributed by atoms with E-state index in [1.807, 2.05) is 0 Å². The fourth-order valence-corrected chi connectivity index (χ4v) is 3.03. The lowest BCUT2D eigenvalue weighted by Gasteiger charge is -2.40. The average molecular weight is 184 g/mol. The number of quaternary nitrogens is 1. The summed E-state index contributed by atoms with van der Waals surface area (Å²) in [5.74, 6) is 0.999. The minimum atomic E-state index is 0.889. The Morgan fingerprint density at radius 2 is 1.62 bits per heavy atom. The Hall–Kier alpha value is -0.0400. The molecule has 1 unspecified atom stereocenters.